The van der Waals surface area contributed by atoms with Gasteiger partial charge in [-0.2, -0.15) is 5.26 Å². The van der Waals surface area contributed by atoms with E-state index in [1.54, 1.807) is 18.2 Å². The fraction of sp³-hybridized carbons (Fsp3) is 0.286. The molecule has 0 spiro atoms. The van der Waals surface area contributed by atoms with Gasteiger partial charge in [-0.3, -0.25) is 14.4 Å². The molecule has 0 aliphatic carbocycles. The lowest BCUT2D eigenvalue weighted by molar-refractivity contribution is -0.147. The van der Waals surface area contributed by atoms with Crippen molar-refractivity contribution in [3.05, 3.63) is 29.8 Å². The summed E-state index contributed by atoms with van der Waals surface area (Å²) in [4.78, 5) is 35.9. The zero-order valence-electron chi connectivity index (χ0n) is 11.6. The van der Waals surface area contributed by atoms with Crippen molar-refractivity contribution >= 4 is 34.6 Å². The molecule has 22 heavy (non-hydrogen) atoms. The van der Waals surface area contributed by atoms with Crippen molar-refractivity contribution < 1.29 is 19.1 Å². The minimum atomic E-state index is -0.628. The predicted molar refractivity (Wildman–Crippen MR) is 80.2 cm³/mol. The van der Waals surface area contributed by atoms with Crippen LogP contribution in [0.3, 0.4) is 0 Å². The van der Waals surface area contributed by atoms with Crippen LogP contribution in [0.1, 0.15) is 5.56 Å². The highest BCUT2D eigenvalue weighted by molar-refractivity contribution is 8.13. The second-order valence-electron chi connectivity index (χ2n) is 4.44. The highest BCUT2D eigenvalue weighted by Crippen LogP contribution is 2.16. The maximum atomic E-state index is 11.7. The molecule has 7 nitrogen and oxygen atoms in total. The summed E-state index contributed by atoms with van der Waals surface area (Å²) in [7, 11) is 0. The molecule has 0 atom stereocenters. The van der Waals surface area contributed by atoms with E-state index in [4.69, 9.17) is 10.00 Å². The summed E-state index contributed by atoms with van der Waals surface area (Å²) in [6.07, 6.45) is 0. The van der Waals surface area contributed by atoms with Crippen molar-refractivity contribution in [2.75, 3.05) is 30.8 Å². The van der Waals surface area contributed by atoms with Gasteiger partial charge in [-0.15, -0.1) is 0 Å². The Morgan fingerprint density at radius 2 is 2.27 bits per heavy atom. The Kier molecular flexibility index (Phi) is 5.38. The van der Waals surface area contributed by atoms with Gasteiger partial charge in [-0.25, -0.2) is 0 Å². The molecule has 0 aromatic heterocycles. The Hall–Kier alpha value is -2.53. The fourth-order valence-electron chi connectivity index (χ4n) is 1.78. The number of rotatable bonds is 5. The van der Waals surface area contributed by atoms with Crippen molar-refractivity contribution in [1.82, 2.24) is 4.90 Å². The number of amides is 2. The Labute approximate surface area is 131 Å². The summed E-state index contributed by atoms with van der Waals surface area (Å²) >= 11 is 1.15. The summed E-state index contributed by atoms with van der Waals surface area (Å²) in [6, 6.07) is 8.35. The van der Waals surface area contributed by atoms with E-state index in [2.05, 4.69) is 5.32 Å². The average molecular weight is 319 g/mol. The average Bonchev–Trinajstić information content (AvgIpc) is 2.90. The third kappa shape index (κ3) is 4.49. The first-order chi connectivity index (χ1) is 10.6. The van der Waals surface area contributed by atoms with Crippen molar-refractivity contribution in [2.24, 2.45) is 0 Å². The topological polar surface area (TPSA) is 99.5 Å². The molecule has 8 heteroatoms. The van der Waals surface area contributed by atoms with E-state index in [0.717, 1.165) is 11.8 Å². The highest BCUT2D eigenvalue weighted by atomic mass is 32.2. The zero-order valence-corrected chi connectivity index (χ0v) is 12.4. The summed E-state index contributed by atoms with van der Waals surface area (Å²) in [5, 5.41) is 11.1. The third-order valence-corrected chi connectivity index (χ3v) is 3.70. The molecule has 1 aromatic carbocycles. The number of hydrogen-bond donors (Lipinski definition) is 1. The normalized spacial score (nSPS) is 13.6. The Morgan fingerprint density at radius 1 is 1.45 bits per heavy atom. The van der Waals surface area contributed by atoms with Gasteiger partial charge >= 0.3 is 5.97 Å². The van der Waals surface area contributed by atoms with Crippen LogP contribution in [0.25, 0.3) is 0 Å². The van der Waals surface area contributed by atoms with Gasteiger partial charge in [0, 0.05) is 18.0 Å². The molecule has 1 aliphatic rings. The second kappa shape index (κ2) is 7.47. The Balaban J connectivity index is 1.76. The van der Waals surface area contributed by atoms with Gasteiger partial charge in [-0.1, -0.05) is 17.8 Å². The lowest BCUT2D eigenvalue weighted by Gasteiger charge is -2.13. The first-order valence-corrected chi connectivity index (χ1v) is 7.44. The van der Waals surface area contributed by atoms with Gasteiger partial charge in [0.2, 0.25) is 0 Å². The van der Waals surface area contributed by atoms with Gasteiger partial charge in [0.1, 0.15) is 6.54 Å². The van der Waals surface area contributed by atoms with Crippen molar-refractivity contribution in [1.29, 1.82) is 5.26 Å². The summed E-state index contributed by atoms with van der Waals surface area (Å²) in [5.74, 6) is -0.482. The quantitative estimate of drug-likeness (QED) is 0.819. The van der Waals surface area contributed by atoms with Crippen LogP contribution < -0.4 is 5.32 Å². The number of hydrogen-bond acceptors (Lipinski definition) is 6. The first-order valence-electron chi connectivity index (χ1n) is 6.46. The van der Waals surface area contributed by atoms with Crippen LogP contribution in [0.5, 0.6) is 0 Å². The lowest BCUT2D eigenvalue weighted by atomic mass is 10.2. The van der Waals surface area contributed by atoms with Crippen molar-refractivity contribution in [3.8, 4) is 6.07 Å². The van der Waals surface area contributed by atoms with Crippen LogP contribution in [0.4, 0.5) is 10.5 Å². The molecule has 114 valence electrons. The minimum Gasteiger partial charge on any atom is -0.454 e. The number of anilines is 1. The van der Waals surface area contributed by atoms with Crippen LogP contribution in [-0.2, 0) is 14.3 Å². The second-order valence-corrected chi connectivity index (χ2v) is 5.48. The summed E-state index contributed by atoms with van der Waals surface area (Å²) in [6.45, 7) is -0.0838. The zero-order chi connectivity index (χ0) is 15.9. The molecule has 2 rings (SSSR count). The van der Waals surface area contributed by atoms with E-state index in [1.807, 2.05) is 6.07 Å². The smallest absolute Gasteiger partial charge is 0.326 e. The minimum absolute atomic E-state index is 0.150. The standard InChI is InChI=1S/C14H13N3O4S/c15-7-10-2-1-3-11(6-10)16-12(18)9-21-13(19)8-17-4-5-22-14(17)20/h1-3,6H,4-5,8-9H2,(H,16,18). The Morgan fingerprint density at radius 3 is 2.95 bits per heavy atom. The number of nitriles is 1. The highest BCUT2D eigenvalue weighted by Gasteiger charge is 2.24. The molecule has 1 saturated heterocycles. The molecule has 0 radical (unpaired) electrons. The molecule has 0 bridgehead atoms. The number of benzene rings is 1. The Bertz CT molecular complexity index is 641. The monoisotopic (exact) mass is 319 g/mol. The molecule has 1 fully saturated rings. The fourth-order valence-corrected chi connectivity index (χ4v) is 2.61. The predicted octanol–water partition coefficient (Wildman–Crippen LogP) is 1.21. The molecular formula is C14H13N3O4S. The number of carbonyl (C=O) groups excluding carboxylic acids is 3. The van der Waals surface area contributed by atoms with E-state index in [-0.39, 0.29) is 11.8 Å². The van der Waals surface area contributed by atoms with Crippen molar-refractivity contribution in [3.63, 3.8) is 0 Å². The number of thioether (sulfide) groups is 1. The third-order valence-electron chi connectivity index (χ3n) is 2.80. The van der Waals surface area contributed by atoms with E-state index in [0.29, 0.717) is 23.5 Å². The maximum Gasteiger partial charge on any atom is 0.326 e. The molecule has 1 aliphatic heterocycles. The van der Waals surface area contributed by atoms with Crippen LogP contribution in [0.2, 0.25) is 0 Å². The van der Waals surface area contributed by atoms with Crippen LogP contribution in [0.15, 0.2) is 24.3 Å². The summed E-state index contributed by atoms with van der Waals surface area (Å²) < 4.78 is 4.82. The van der Waals surface area contributed by atoms with E-state index in [1.165, 1.54) is 11.0 Å². The van der Waals surface area contributed by atoms with Gasteiger partial charge in [-0.05, 0) is 18.2 Å². The molecule has 1 aromatic rings. The number of nitrogens with zero attached hydrogens (tertiary/aromatic N) is 2. The van der Waals surface area contributed by atoms with Gasteiger partial charge in [0.25, 0.3) is 11.1 Å². The molecule has 2 amide bonds. The molecule has 1 heterocycles. The van der Waals surface area contributed by atoms with Gasteiger partial charge in [0.15, 0.2) is 6.61 Å². The van der Waals surface area contributed by atoms with Crippen LogP contribution in [-0.4, -0.2) is 47.5 Å². The van der Waals surface area contributed by atoms with E-state index in [9.17, 15) is 14.4 Å². The number of esters is 1. The van der Waals surface area contributed by atoms with Crippen LogP contribution in [0, 0.1) is 11.3 Å². The van der Waals surface area contributed by atoms with Gasteiger partial charge in [0.05, 0.1) is 11.6 Å². The number of ether oxygens (including phenoxy) is 1. The van der Waals surface area contributed by atoms with E-state index >= 15 is 0 Å². The van der Waals surface area contributed by atoms with E-state index < -0.39 is 18.5 Å². The first kappa shape index (κ1) is 15.9. The molecular weight excluding hydrogens is 306 g/mol. The molecule has 0 unspecified atom stereocenters. The SMILES string of the molecule is N#Cc1cccc(NC(=O)COC(=O)CN2CCSC2=O)c1. The van der Waals surface area contributed by atoms with Crippen molar-refractivity contribution in [2.45, 2.75) is 0 Å². The largest absolute Gasteiger partial charge is 0.454 e. The summed E-state index contributed by atoms with van der Waals surface area (Å²) in [5.41, 5.74) is 0.867. The lowest BCUT2D eigenvalue weighted by Crippen LogP contribution is -2.32. The maximum absolute atomic E-state index is 11.7. The van der Waals surface area contributed by atoms with Gasteiger partial charge < -0.3 is 15.0 Å². The van der Waals surface area contributed by atoms with Crippen LogP contribution >= 0.6 is 11.8 Å². The number of nitrogens with one attached hydrogen (secondary N) is 1. The molecule has 1 N–H and O–H groups in total. The molecule has 0 saturated carbocycles. The number of carbonyl (C=O) groups is 3.